The maximum absolute atomic E-state index is 12.5. The van der Waals surface area contributed by atoms with E-state index in [1.807, 2.05) is 0 Å². The molecule has 0 amide bonds. The van der Waals surface area contributed by atoms with Crippen molar-refractivity contribution < 1.29 is 28.0 Å². The SMILES string of the molecule is CCOC(=O)Cc1cc([N+](=O)[O-])cc(CBr)c1OC(F)F. The zero-order valence-electron chi connectivity index (χ0n) is 11.0. The highest BCUT2D eigenvalue weighted by atomic mass is 79.9. The maximum atomic E-state index is 12.5. The Morgan fingerprint density at radius 1 is 1.43 bits per heavy atom. The summed E-state index contributed by atoms with van der Waals surface area (Å²) in [7, 11) is 0. The molecule has 0 unspecified atom stereocenters. The van der Waals surface area contributed by atoms with Gasteiger partial charge in [-0.05, 0) is 6.92 Å². The zero-order chi connectivity index (χ0) is 16.0. The highest BCUT2D eigenvalue weighted by molar-refractivity contribution is 9.08. The molecule has 0 saturated carbocycles. The minimum absolute atomic E-state index is 0.0163. The van der Waals surface area contributed by atoms with E-state index in [4.69, 9.17) is 4.74 Å². The van der Waals surface area contributed by atoms with Gasteiger partial charge in [-0.1, -0.05) is 15.9 Å². The molecular formula is C12H12BrF2NO5. The van der Waals surface area contributed by atoms with Gasteiger partial charge in [0, 0.05) is 28.6 Å². The second kappa shape index (κ2) is 7.87. The van der Waals surface area contributed by atoms with Crippen LogP contribution in [0.2, 0.25) is 0 Å². The van der Waals surface area contributed by atoms with Crippen LogP contribution in [-0.2, 0) is 21.3 Å². The molecular weight excluding hydrogens is 356 g/mol. The number of ether oxygens (including phenoxy) is 2. The lowest BCUT2D eigenvalue weighted by Gasteiger charge is -2.14. The van der Waals surface area contributed by atoms with E-state index in [-0.39, 0.29) is 34.5 Å². The molecule has 0 aliphatic carbocycles. The highest BCUT2D eigenvalue weighted by Crippen LogP contribution is 2.33. The quantitative estimate of drug-likeness (QED) is 0.320. The fourth-order valence-corrected chi connectivity index (χ4v) is 2.10. The van der Waals surface area contributed by atoms with E-state index in [1.54, 1.807) is 6.92 Å². The first-order valence-electron chi connectivity index (χ1n) is 5.85. The number of carbonyl (C=O) groups excluding carboxylic acids is 1. The topological polar surface area (TPSA) is 78.7 Å². The van der Waals surface area contributed by atoms with Gasteiger partial charge >= 0.3 is 12.6 Å². The van der Waals surface area contributed by atoms with E-state index in [0.29, 0.717) is 0 Å². The van der Waals surface area contributed by atoms with E-state index < -0.39 is 23.9 Å². The number of hydrogen-bond donors (Lipinski definition) is 0. The van der Waals surface area contributed by atoms with Crippen LogP contribution in [0.3, 0.4) is 0 Å². The molecule has 21 heavy (non-hydrogen) atoms. The van der Waals surface area contributed by atoms with Crippen LogP contribution in [0.4, 0.5) is 14.5 Å². The lowest BCUT2D eigenvalue weighted by Crippen LogP contribution is -2.12. The first-order valence-corrected chi connectivity index (χ1v) is 6.97. The van der Waals surface area contributed by atoms with E-state index in [2.05, 4.69) is 20.7 Å². The highest BCUT2D eigenvalue weighted by Gasteiger charge is 2.21. The molecule has 0 spiro atoms. The molecule has 0 radical (unpaired) electrons. The summed E-state index contributed by atoms with van der Waals surface area (Å²) in [5.74, 6) is -0.932. The number of nitro groups is 1. The molecule has 6 nitrogen and oxygen atoms in total. The third-order valence-electron chi connectivity index (χ3n) is 2.43. The van der Waals surface area contributed by atoms with Crippen LogP contribution >= 0.6 is 15.9 Å². The Balaban J connectivity index is 3.29. The Kier molecular flexibility index (Phi) is 6.47. The smallest absolute Gasteiger partial charge is 0.387 e. The van der Waals surface area contributed by atoms with E-state index in [9.17, 15) is 23.7 Å². The molecule has 0 aliphatic rings. The van der Waals surface area contributed by atoms with Crippen molar-refractivity contribution in [3.8, 4) is 5.75 Å². The Bertz CT molecular complexity index is 539. The van der Waals surface area contributed by atoms with Gasteiger partial charge in [0.2, 0.25) is 0 Å². The predicted molar refractivity (Wildman–Crippen MR) is 72.7 cm³/mol. The third kappa shape index (κ3) is 4.92. The zero-order valence-corrected chi connectivity index (χ0v) is 12.6. The minimum Gasteiger partial charge on any atom is -0.466 e. The van der Waals surface area contributed by atoms with Crippen LogP contribution in [0.25, 0.3) is 0 Å². The molecule has 0 saturated heterocycles. The Hall–Kier alpha value is -1.77. The molecule has 0 atom stereocenters. The number of hydrogen-bond acceptors (Lipinski definition) is 5. The van der Waals surface area contributed by atoms with Crippen molar-refractivity contribution in [2.45, 2.75) is 25.3 Å². The molecule has 1 aromatic rings. The number of non-ortho nitro benzene ring substituents is 1. The summed E-state index contributed by atoms with van der Waals surface area (Å²) < 4.78 is 34.1. The van der Waals surface area contributed by atoms with Gasteiger partial charge < -0.3 is 9.47 Å². The second-order valence-electron chi connectivity index (χ2n) is 3.84. The predicted octanol–water partition coefficient (Wildman–Crippen LogP) is 3.20. The molecule has 0 heterocycles. The molecule has 0 aliphatic heterocycles. The normalized spacial score (nSPS) is 10.5. The molecule has 0 fully saturated rings. The number of benzene rings is 1. The van der Waals surface area contributed by atoms with Crippen molar-refractivity contribution in [2.75, 3.05) is 6.61 Å². The minimum atomic E-state index is -3.11. The lowest BCUT2D eigenvalue weighted by molar-refractivity contribution is -0.385. The lowest BCUT2D eigenvalue weighted by atomic mass is 10.1. The number of nitrogens with zero attached hydrogens (tertiary/aromatic N) is 1. The van der Waals surface area contributed by atoms with E-state index >= 15 is 0 Å². The number of rotatable bonds is 7. The maximum Gasteiger partial charge on any atom is 0.387 e. The van der Waals surface area contributed by atoms with Gasteiger partial charge in [-0.25, -0.2) is 0 Å². The monoisotopic (exact) mass is 367 g/mol. The summed E-state index contributed by atoms with van der Waals surface area (Å²) in [6.45, 7) is -1.40. The van der Waals surface area contributed by atoms with Gasteiger partial charge in [0.25, 0.3) is 5.69 Å². The van der Waals surface area contributed by atoms with Crippen molar-refractivity contribution in [3.05, 3.63) is 33.4 Å². The van der Waals surface area contributed by atoms with Crippen LogP contribution in [-0.4, -0.2) is 24.1 Å². The van der Waals surface area contributed by atoms with Crippen LogP contribution < -0.4 is 4.74 Å². The molecule has 116 valence electrons. The Labute approximate surface area is 127 Å². The summed E-state index contributed by atoms with van der Waals surface area (Å²) in [6, 6.07) is 2.14. The summed E-state index contributed by atoms with van der Waals surface area (Å²) >= 11 is 3.05. The Morgan fingerprint density at radius 3 is 2.52 bits per heavy atom. The van der Waals surface area contributed by atoms with E-state index in [1.165, 1.54) is 0 Å². The van der Waals surface area contributed by atoms with Gasteiger partial charge in [0.1, 0.15) is 5.75 Å². The summed E-state index contributed by atoms with van der Waals surface area (Å²) in [5.41, 5.74) is -0.174. The molecule has 0 N–H and O–H groups in total. The van der Waals surface area contributed by atoms with Crippen molar-refractivity contribution in [1.29, 1.82) is 0 Å². The van der Waals surface area contributed by atoms with Crippen LogP contribution in [0, 0.1) is 10.1 Å². The van der Waals surface area contributed by atoms with Crippen LogP contribution in [0.5, 0.6) is 5.75 Å². The molecule has 0 bridgehead atoms. The first kappa shape index (κ1) is 17.3. The largest absolute Gasteiger partial charge is 0.466 e. The van der Waals surface area contributed by atoms with Gasteiger partial charge in [-0.3, -0.25) is 14.9 Å². The number of halogens is 3. The average Bonchev–Trinajstić information content (AvgIpc) is 2.39. The van der Waals surface area contributed by atoms with Crippen molar-refractivity contribution in [2.24, 2.45) is 0 Å². The van der Waals surface area contributed by atoms with Crippen molar-refractivity contribution in [1.82, 2.24) is 0 Å². The number of alkyl halides is 3. The molecule has 0 aromatic heterocycles. The average molecular weight is 368 g/mol. The van der Waals surface area contributed by atoms with Gasteiger partial charge in [-0.15, -0.1) is 0 Å². The van der Waals surface area contributed by atoms with Crippen molar-refractivity contribution >= 4 is 27.6 Å². The van der Waals surface area contributed by atoms with Gasteiger partial charge in [0.15, 0.2) is 0 Å². The van der Waals surface area contributed by atoms with Crippen molar-refractivity contribution in [3.63, 3.8) is 0 Å². The molecule has 1 aromatic carbocycles. The number of esters is 1. The fraction of sp³-hybridized carbons (Fsp3) is 0.417. The van der Waals surface area contributed by atoms with Gasteiger partial charge in [0.05, 0.1) is 18.0 Å². The summed E-state index contributed by atoms with van der Waals surface area (Å²) in [6.07, 6.45) is -0.391. The van der Waals surface area contributed by atoms with Crippen LogP contribution in [0.1, 0.15) is 18.1 Å². The summed E-state index contributed by atoms with van der Waals surface area (Å²) in [5, 5.41) is 10.9. The number of carbonyl (C=O) groups is 1. The molecule has 1 rings (SSSR count). The molecule has 9 heteroatoms. The van der Waals surface area contributed by atoms with E-state index in [0.717, 1.165) is 12.1 Å². The first-order chi connectivity index (χ1) is 9.88. The summed E-state index contributed by atoms with van der Waals surface area (Å²) in [4.78, 5) is 21.7. The fourth-order valence-electron chi connectivity index (χ4n) is 1.68. The standard InChI is InChI=1S/C12H12BrF2NO5/c1-2-20-10(17)5-7-3-9(16(18)19)4-8(6-13)11(7)21-12(14)15/h3-4,12H,2,5-6H2,1H3. The van der Waals surface area contributed by atoms with Crippen LogP contribution in [0.15, 0.2) is 12.1 Å². The second-order valence-corrected chi connectivity index (χ2v) is 4.40. The Morgan fingerprint density at radius 2 is 2.05 bits per heavy atom. The number of nitro benzene ring substituents is 1. The van der Waals surface area contributed by atoms with Gasteiger partial charge in [-0.2, -0.15) is 8.78 Å². The third-order valence-corrected chi connectivity index (χ3v) is 3.03.